The highest BCUT2D eigenvalue weighted by atomic mass is 16.5. The van der Waals surface area contributed by atoms with Crippen LogP contribution in [0.4, 0.5) is 0 Å². The number of hydrogen-bond acceptors (Lipinski definition) is 3. The predicted octanol–water partition coefficient (Wildman–Crippen LogP) is 4.52. The second-order valence-corrected chi connectivity index (χ2v) is 5.98. The average Bonchev–Trinajstić information content (AvgIpc) is 2.65. The van der Waals surface area contributed by atoms with Crippen LogP contribution in [0.25, 0.3) is 10.9 Å². The van der Waals surface area contributed by atoms with E-state index < -0.39 is 0 Å². The average molecular weight is 321 g/mol. The van der Waals surface area contributed by atoms with Gasteiger partial charge in [-0.15, -0.1) is 0 Å². The van der Waals surface area contributed by atoms with Crippen molar-refractivity contribution in [2.75, 3.05) is 0 Å². The fourth-order valence-electron chi connectivity index (χ4n) is 2.81. The van der Waals surface area contributed by atoms with Crippen LogP contribution in [0.1, 0.15) is 30.9 Å². The summed E-state index contributed by atoms with van der Waals surface area (Å²) < 4.78 is 6.09. The van der Waals surface area contributed by atoms with Gasteiger partial charge in [-0.3, -0.25) is 4.98 Å². The minimum absolute atomic E-state index is 0.248. The Morgan fingerprint density at radius 1 is 1.00 bits per heavy atom. The molecule has 1 unspecified atom stereocenters. The number of benzene rings is 2. The molecule has 24 heavy (non-hydrogen) atoms. The van der Waals surface area contributed by atoms with E-state index >= 15 is 0 Å². The van der Waals surface area contributed by atoms with Crippen LogP contribution in [0.2, 0.25) is 0 Å². The quantitative estimate of drug-likeness (QED) is 0.696. The first-order chi connectivity index (χ1) is 11.8. The van der Waals surface area contributed by atoms with Crippen LogP contribution in [0.5, 0.6) is 5.75 Å². The van der Waals surface area contributed by atoms with Gasteiger partial charge in [-0.05, 0) is 43.0 Å². The molecular weight excluding hydrogens is 298 g/mol. The monoisotopic (exact) mass is 321 g/mol. The van der Waals surface area contributed by atoms with Gasteiger partial charge in [0.1, 0.15) is 12.4 Å². The van der Waals surface area contributed by atoms with Crippen molar-refractivity contribution in [3.8, 4) is 5.75 Å². The Morgan fingerprint density at radius 3 is 2.67 bits per heavy atom. The first-order valence-corrected chi connectivity index (χ1v) is 8.49. The van der Waals surface area contributed by atoms with Gasteiger partial charge in [-0.1, -0.05) is 43.3 Å². The highest BCUT2D eigenvalue weighted by Gasteiger charge is 2.08. The number of ether oxygens (including phenoxy) is 1. The van der Waals surface area contributed by atoms with Crippen LogP contribution in [0.15, 0.2) is 60.8 Å². The summed E-state index contributed by atoms with van der Waals surface area (Å²) in [6, 6.07) is 18.2. The highest BCUT2D eigenvalue weighted by molar-refractivity contribution is 5.81. The minimum Gasteiger partial charge on any atom is -0.489 e. The lowest BCUT2D eigenvalue weighted by Crippen LogP contribution is -2.07. The number of aromatic nitrogens is 1. The molecule has 3 nitrogen and oxygen atoms in total. The third-order valence-corrected chi connectivity index (χ3v) is 4.31. The van der Waals surface area contributed by atoms with Crippen LogP contribution < -0.4 is 4.74 Å². The Morgan fingerprint density at radius 2 is 1.79 bits per heavy atom. The molecule has 0 saturated heterocycles. The number of aliphatic hydroxyl groups excluding tert-OH is 1. The summed E-state index contributed by atoms with van der Waals surface area (Å²) in [6.45, 7) is 2.51. The lowest BCUT2D eigenvalue weighted by atomic mass is 10.0. The zero-order valence-electron chi connectivity index (χ0n) is 14.0. The molecular formula is C21H23NO2. The number of rotatable bonds is 7. The van der Waals surface area contributed by atoms with Crippen molar-refractivity contribution in [2.24, 2.45) is 0 Å². The van der Waals surface area contributed by atoms with Crippen LogP contribution in [-0.4, -0.2) is 16.2 Å². The summed E-state index contributed by atoms with van der Waals surface area (Å²) >= 11 is 0. The minimum atomic E-state index is -0.248. The first kappa shape index (κ1) is 16.5. The molecule has 3 heteroatoms. The molecule has 3 aromatic rings. The zero-order valence-corrected chi connectivity index (χ0v) is 14.0. The van der Waals surface area contributed by atoms with Crippen molar-refractivity contribution < 1.29 is 9.84 Å². The van der Waals surface area contributed by atoms with Crippen molar-refractivity contribution in [3.63, 3.8) is 0 Å². The molecule has 0 saturated carbocycles. The van der Waals surface area contributed by atoms with Crippen molar-refractivity contribution in [1.82, 2.24) is 4.98 Å². The van der Waals surface area contributed by atoms with E-state index in [9.17, 15) is 5.11 Å². The maximum absolute atomic E-state index is 9.79. The molecule has 1 N–H and O–H groups in total. The fourth-order valence-corrected chi connectivity index (χ4v) is 2.81. The molecule has 0 amide bonds. The van der Waals surface area contributed by atoms with Crippen molar-refractivity contribution in [3.05, 3.63) is 71.9 Å². The summed E-state index contributed by atoms with van der Waals surface area (Å²) in [7, 11) is 0. The van der Waals surface area contributed by atoms with Gasteiger partial charge < -0.3 is 9.84 Å². The number of pyridine rings is 1. The summed E-state index contributed by atoms with van der Waals surface area (Å²) in [4.78, 5) is 4.39. The van der Waals surface area contributed by atoms with E-state index in [0.29, 0.717) is 6.61 Å². The van der Waals surface area contributed by atoms with Crippen molar-refractivity contribution >= 4 is 10.9 Å². The Kier molecular flexibility index (Phi) is 5.44. The van der Waals surface area contributed by atoms with Gasteiger partial charge in [0, 0.05) is 17.1 Å². The second-order valence-electron chi connectivity index (χ2n) is 5.98. The summed E-state index contributed by atoms with van der Waals surface area (Å²) in [6.07, 6.45) is 3.94. The van der Waals surface area contributed by atoms with Gasteiger partial charge in [-0.2, -0.15) is 0 Å². The predicted molar refractivity (Wildman–Crippen MR) is 97.1 cm³/mol. The van der Waals surface area contributed by atoms with E-state index in [1.165, 1.54) is 0 Å². The summed E-state index contributed by atoms with van der Waals surface area (Å²) in [5, 5.41) is 10.9. The lowest BCUT2D eigenvalue weighted by molar-refractivity contribution is 0.160. The fraction of sp³-hybridized carbons (Fsp3) is 0.286. The van der Waals surface area contributed by atoms with E-state index in [0.717, 1.165) is 47.0 Å². The number of para-hydroxylation sites is 2. The molecule has 3 rings (SSSR count). The van der Waals surface area contributed by atoms with E-state index in [1.807, 2.05) is 55.6 Å². The smallest absolute Gasteiger partial charge is 0.122 e. The molecule has 0 aliphatic heterocycles. The summed E-state index contributed by atoms with van der Waals surface area (Å²) in [5.41, 5.74) is 3.25. The second kappa shape index (κ2) is 7.93. The van der Waals surface area contributed by atoms with Crippen LogP contribution in [0, 0.1) is 0 Å². The normalized spacial score (nSPS) is 12.2. The van der Waals surface area contributed by atoms with Crippen LogP contribution in [0.3, 0.4) is 0 Å². The van der Waals surface area contributed by atoms with Crippen molar-refractivity contribution in [2.45, 2.75) is 38.9 Å². The molecule has 0 spiro atoms. The summed E-state index contributed by atoms with van der Waals surface area (Å²) in [5.74, 6) is 0.890. The third kappa shape index (κ3) is 3.92. The molecule has 0 bridgehead atoms. The van der Waals surface area contributed by atoms with Gasteiger partial charge in [-0.25, -0.2) is 0 Å². The molecule has 0 fully saturated rings. The molecule has 0 aliphatic rings. The van der Waals surface area contributed by atoms with Gasteiger partial charge in [0.2, 0.25) is 0 Å². The third-order valence-electron chi connectivity index (χ3n) is 4.31. The highest BCUT2D eigenvalue weighted by Crippen LogP contribution is 2.23. The first-order valence-electron chi connectivity index (χ1n) is 8.49. The topological polar surface area (TPSA) is 42.4 Å². The SMILES string of the molecule is CCC(O)CCc1ccccc1OCc1ccnc2ccccc12. The number of aryl methyl sites for hydroxylation is 1. The lowest BCUT2D eigenvalue weighted by Gasteiger charge is -2.14. The van der Waals surface area contributed by atoms with E-state index in [4.69, 9.17) is 4.74 Å². The van der Waals surface area contributed by atoms with Gasteiger partial charge in [0.05, 0.1) is 11.6 Å². The molecule has 1 aromatic heterocycles. The van der Waals surface area contributed by atoms with Crippen LogP contribution >= 0.6 is 0 Å². The molecule has 1 heterocycles. The standard InChI is InChI=1S/C21H23NO2/c1-2-18(23)12-11-16-7-3-6-10-21(16)24-15-17-13-14-22-20-9-5-4-8-19(17)20/h3-10,13-14,18,23H,2,11-12,15H2,1H3. The molecule has 124 valence electrons. The maximum Gasteiger partial charge on any atom is 0.122 e. The number of aliphatic hydroxyl groups is 1. The largest absolute Gasteiger partial charge is 0.489 e. The molecule has 1 atom stereocenters. The molecule has 0 aliphatic carbocycles. The van der Waals surface area contributed by atoms with E-state index in [-0.39, 0.29) is 6.10 Å². The van der Waals surface area contributed by atoms with Gasteiger partial charge in [0.15, 0.2) is 0 Å². The van der Waals surface area contributed by atoms with E-state index in [1.54, 1.807) is 0 Å². The van der Waals surface area contributed by atoms with Crippen molar-refractivity contribution in [1.29, 1.82) is 0 Å². The molecule has 0 radical (unpaired) electrons. The van der Waals surface area contributed by atoms with Gasteiger partial charge in [0.25, 0.3) is 0 Å². The Labute approximate surface area is 142 Å². The molecule has 2 aromatic carbocycles. The zero-order chi connectivity index (χ0) is 16.8. The van der Waals surface area contributed by atoms with Crippen LogP contribution in [-0.2, 0) is 13.0 Å². The Balaban J connectivity index is 1.74. The Hall–Kier alpha value is -2.39. The van der Waals surface area contributed by atoms with E-state index in [2.05, 4.69) is 17.1 Å². The Bertz CT molecular complexity index is 795. The maximum atomic E-state index is 9.79. The number of hydrogen-bond donors (Lipinski definition) is 1. The number of nitrogens with zero attached hydrogens (tertiary/aromatic N) is 1. The number of fused-ring (bicyclic) bond motifs is 1. The van der Waals surface area contributed by atoms with Gasteiger partial charge >= 0.3 is 0 Å².